The van der Waals surface area contributed by atoms with Gasteiger partial charge in [-0.05, 0) is 45.4 Å². The molecule has 1 heterocycles. The number of carbonyl (C=O) groups is 1. The van der Waals surface area contributed by atoms with Crippen molar-refractivity contribution in [3.8, 4) is 0 Å². The summed E-state index contributed by atoms with van der Waals surface area (Å²) in [5, 5.41) is 0. The van der Waals surface area contributed by atoms with Crippen molar-refractivity contribution >= 4 is 6.09 Å². The number of nitrogens with zero attached hydrogens (tertiary/aromatic N) is 1. The summed E-state index contributed by atoms with van der Waals surface area (Å²) in [5.74, 6) is 6.97. The third-order valence-corrected chi connectivity index (χ3v) is 3.94. The maximum atomic E-state index is 12.0. The molecule has 0 aromatic heterocycles. The molecule has 0 spiro atoms. The molecule has 5 heteroatoms. The van der Waals surface area contributed by atoms with E-state index in [0.29, 0.717) is 12.0 Å². The highest BCUT2D eigenvalue weighted by atomic mass is 16.6. The monoisotopic (exact) mass is 269 g/mol. The van der Waals surface area contributed by atoms with Crippen LogP contribution in [0.4, 0.5) is 4.79 Å². The first-order chi connectivity index (χ1) is 8.89. The van der Waals surface area contributed by atoms with E-state index in [0.717, 1.165) is 31.8 Å². The Labute approximate surface area is 115 Å². The van der Waals surface area contributed by atoms with E-state index in [9.17, 15) is 4.79 Å². The highest BCUT2D eigenvalue weighted by Crippen LogP contribution is 2.36. The van der Waals surface area contributed by atoms with Crippen molar-refractivity contribution in [1.82, 2.24) is 10.3 Å². The molecule has 1 saturated heterocycles. The SMILES string of the molecule is CC(C)(C)OC(=O)N1CCC(C(CC2CC2)NN)C1. The lowest BCUT2D eigenvalue weighted by atomic mass is 9.95. The van der Waals surface area contributed by atoms with Crippen molar-refractivity contribution in [1.29, 1.82) is 0 Å². The van der Waals surface area contributed by atoms with Gasteiger partial charge in [0.25, 0.3) is 0 Å². The van der Waals surface area contributed by atoms with Crippen LogP contribution in [0.25, 0.3) is 0 Å². The van der Waals surface area contributed by atoms with Crippen LogP contribution in [0, 0.1) is 11.8 Å². The van der Waals surface area contributed by atoms with Gasteiger partial charge < -0.3 is 9.64 Å². The Balaban J connectivity index is 1.82. The maximum absolute atomic E-state index is 12.0. The van der Waals surface area contributed by atoms with Gasteiger partial charge in [-0.2, -0.15) is 0 Å². The molecule has 0 aromatic carbocycles. The number of nitrogens with one attached hydrogen (secondary N) is 1. The average Bonchev–Trinajstić information content (AvgIpc) is 2.98. The number of likely N-dealkylation sites (tertiary alicyclic amines) is 1. The summed E-state index contributed by atoms with van der Waals surface area (Å²) in [5.41, 5.74) is 2.52. The largest absolute Gasteiger partial charge is 0.444 e. The number of hydrogen-bond donors (Lipinski definition) is 2. The van der Waals surface area contributed by atoms with Crippen LogP contribution in [0.2, 0.25) is 0 Å². The first-order valence-electron chi connectivity index (χ1n) is 7.33. The van der Waals surface area contributed by atoms with Crippen molar-refractivity contribution in [3.05, 3.63) is 0 Å². The molecular weight excluding hydrogens is 242 g/mol. The van der Waals surface area contributed by atoms with Gasteiger partial charge in [0.15, 0.2) is 0 Å². The van der Waals surface area contributed by atoms with E-state index in [1.54, 1.807) is 0 Å². The van der Waals surface area contributed by atoms with Crippen LogP contribution in [0.1, 0.15) is 46.5 Å². The van der Waals surface area contributed by atoms with E-state index >= 15 is 0 Å². The molecule has 2 aliphatic rings. The molecule has 5 nitrogen and oxygen atoms in total. The molecule has 1 aliphatic carbocycles. The first-order valence-corrected chi connectivity index (χ1v) is 7.33. The van der Waals surface area contributed by atoms with Crippen LogP contribution in [0.15, 0.2) is 0 Å². The summed E-state index contributed by atoms with van der Waals surface area (Å²) in [6.45, 7) is 7.24. The zero-order chi connectivity index (χ0) is 14.0. The maximum Gasteiger partial charge on any atom is 0.410 e. The van der Waals surface area contributed by atoms with Gasteiger partial charge in [-0.1, -0.05) is 12.8 Å². The van der Waals surface area contributed by atoms with Gasteiger partial charge in [-0.15, -0.1) is 0 Å². The van der Waals surface area contributed by atoms with E-state index in [1.165, 1.54) is 12.8 Å². The lowest BCUT2D eigenvalue weighted by molar-refractivity contribution is 0.0285. The Bertz CT molecular complexity index is 323. The Kier molecular flexibility index (Phi) is 4.36. The van der Waals surface area contributed by atoms with Gasteiger partial charge in [-0.3, -0.25) is 11.3 Å². The van der Waals surface area contributed by atoms with Gasteiger partial charge in [-0.25, -0.2) is 4.79 Å². The molecule has 3 N–H and O–H groups in total. The van der Waals surface area contributed by atoms with E-state index in [4.69, 9.17) is 10.6 Å². The minimum atomic E-state index is -0.422. The Morgan fingerprint density at radius 1 is 1.42 bits per heavy atom. The first kappa shape index (κ1) is 14.6. The summed E-state index contributed by atoms with van der Waals surface area (Å²) in [4.78, 5) is 13.8. The molecular formula is C14H27N3O2. The lowest BCUT2D eigenvalue weighted by Gasteiger charge is -2.26. The van der Waals surface area contributed by atoms with Crippen LogP contribution < -0.4 is 11.3 Å². The summed E-state index contributed by atoms with van der Waals surface area (Å²) in [7, 11) is 0. The number of hydrogen-bond acceptors (Lipinski definition) is 4. The molecule has 1 aliphatic heterocycles. The molecule has 1 amide bonds. The molecule has 110 valence electrons. The Morgan fingerprint density at radius 2 is 2.11 bits per heavy atom. The number of amides is 1. The zero-order valence-corrected chi connectivity index (χ0v) is 12.3. The second-order valence-electron chi connectivity index (χ2n) is 6.93. The second-order valence-corrected chi connectivity index (χ2v) is 6.93. The normalized spacial score (nSPS) is 25.5. The number of carbonyl (C=O) groups excluding carboxylic acids is 1. The summed E-state index contributed by atoms with van der Waals surface area (Å²) < 4.78 is 5.41. The molecule has 2 atom stereocenters. The second kappa shape index (κ2) is 5.67. The van der Waals surface area contributed by atoms with Gasteiger partial charge in [0.1, 0.15) is 5.60 Å². The third-order valence-electron chi connectivity index (χ3n) is 3.94. The topological polar surface area (TPSA) is 67.6 Å². The summed E-state index contributed by atoms with van der Waals surface area (Å²) in [6, 6.07) is 0.333. The lowest BCUT2D eigenvalue weighted by Crippen LogP contribution is -2.43. The van der Waals surface area contributed by atoms with Gasteiger partial charge >= 0.3 is 6.09 Å². The number of rotatable bonds is 4. The average molecular weight is 269 g/mol. The van der Waals surface area contributed by atoms with Crippen LogP contribution in [0.5, 0.6) is 0 Å². The van der Waals surface area contributed by atoms with Crippen molar-refractivity contribution < 1.29 is 9.53 Å². The highest BCUT2D eigenvalue weighted by Gasteiger charge is 2.36. The minimum absolute atomic E-state index is 0.197. The molecule has 19 heavy (non-hydrogen) atoms. The van der Waals surface area contributed by atoms with E-state index in [-0.39, 0.29) is 6.09 Å². The zero-order valence-electron chi connectivity index (χ0n) is 12.3. The Hall–Kier alpha value is -0.810. The molecule has 0 aromatic rings. The van der Waals surface area contributed by atoms with E-state index < -0.39 is 5.60 Å². The fraction of sp³-hybridized carbons (Fsp3) is 0.929. The molecule has 2 rings (SSSR count). The molecule has 1 saturated carbocycles. The number of ether oxygens (including phenoxy) is 1. The number of nitrogens with two attached hydrogens (primary N) is 1. The molecule has 2 unspecified atom stereocenters. The van der Waals surface area contributed by atoms with Gasteiger partial charge in [0, 0.05) is 19.1 Å². The van der Waals surface area contributed by atoms with Crippen molar-refractivity contribution in [3.63, 3.8) is 0 Å². The summed E-state index contributed by atoms with van der Waals surface area (Å²) >= 11 is 0. The third kappa shape index (κ3) is 4.35. The standard InChI is InChI=1S/C14H27N3O2/c1-14(2,3)19-13(18)17-7-6-11(9-17)12(16-15)8-10-4-5-10/h10-12,16H,4-9,15H2,1-3H3. The van der Waals surface area contributed by atoms with Crippen molar-refractivity contribution in [2.24, 2.45) is 17.7 Å². The molecule has 0 bridgehead atoms. The molecule has 2 fully saturated rings. The summed E-state index contributed by atoms with van der Waals surface area (Å²) in [6.07, 6.45) is 4.63. The minimum Gasteiger partial charge on any atom is -0.444 e. The smallest absolute Gasteiger partial charge is 0.410 e. The van der Waals surface area contributed by atoms with Gasteiger partial charge in [0.05, 0.1) is 0 Å². The van der Waals surface area contributed by atoms with Crippen LogP contribution in [0.3, 0.4) is 0 Å². The predicted molar refractivity (Wildman–Crippen MR) is 74.4 cm³/mol. The van der Waals surface area contributed by atoms with Gasteiger partial charge in [0.2, 0.25) is 0 Å². The van der Waals surface area contributed by atoms with E-state index in [2.05, 4.69) is 5.43 Å². The van der Waals surface area contributed by atoms with Crippen molar-refractivity contribution in [2.75, 3.05) is 13.1 Å². The van der Waals surface area contributed by atoms with Crippen molar-refractivity contribution in [2.45, 2.75) is 58.1 Å². The fourth-order valence-electron chi connectivity index (χ4n) is 2.72. The predicted octanol–water partition coefficient (Wildman–Crippen LogP) is 1.88. The van der Waals surface area contributed by atoms with E-state index in [1.807, 2.05) is 25.7 Å². The quantitative estimate of drug-likeness (QED) is 0.604. The van der Waals surface area contributed by atoms with Crippen LogP contribution in [-0.2, 0) is 4.74 Å². The van der Waals surface area contributed by atoms with Crippen LogP contribution in [-0.4, -0.2) is 35.7 Å². The van der Waals surface area contributed by atoms with Crippen LogP contribution >= 0.6 is 0 Å². The Morgan fingerprint density at radius 3 is 2.63 bits per heavy atom. The molecule has 0 radical (unpaired) electrons. The number of hydrazine groups is 1. The fourth-order valence-corrected chi connectivity index (χ4v) is 2.72. The highest BCUT2D eigenvalue weighted by molar-refractivity contribution is 5.68.